The molecule has 0 aromatic heterocycles. The molecule has 0 bridgehead atoms. The van der Waals surface area contributed by atoms with Gasteiger partial charge >= 0.3 is 11.9 Å². The average Bonchev–Trinajstić information content (AvgIpc) is 3.30. The lowest BCUT2D eigenvalue weighted by molar-refractivity contribution is -0.401. The van der Waals surface area contributed by atoms with E-state index in [1.165, 1.54) is 6.07 Å². The smallest absolute Gasteiger partial charge is 0.335 e. The van der Waals surface area contributed by atoms with Gasteiger partial charge in [-0.2, -0.15) is 9.84 Å². The van der Waals surface area contributed by atoms with Crippen LogP contribution in [0.2, 0.25) is 0 Å². The van der Waals surface area contributed by atoms with Crippen molar-refractivity contribution in [3.05, 3.63) is 105 Å². The van der Waals surface area contributed by atoms with Crippen molar-refractivity contribution in [2.45, 2.75) is 44.9 Å². The van der Waals surface area contributed by atoms with Gasteiger partial charge in [-0.25, -0.2) is 10.7 Å². The Labute approximate surface area is 249 Å². The Kier molecular flexibility index (Phi) is 6.92. The number of aromatic carboxylic acids is 1. The Hall–Kier alpha value is -5.32. The molecule has 43 heavy (non-hydrogen) atoms. The van der Waals surface area contributed by atoms with Gasteiger partial charge in [-0.1, -0.05) is 32.0 Å². The lowest BCUT2D eigenvalue weighted by Gasteiger charge is -2.30. The molecule has 2 aromatic rings. The zero-order valence-corrected chi connectivity index (χ0v) is 24.5. The topological polar surface area (TPSA) is 144 Å². The number of aliphatic carboxylic acids is 1. The first-order valence-electron chi connectivity index (χ1n) is 13.7. The van der Waals surface area contributed by atoms with Gasteiger partial charge in [0.25, 0.3) is 0 Å². The van der Waals surface area contributed by atoms with Crippen LogP contribution < -0.4 is 4.90 Å². The first-order chi connectivity index (χ1) is 20.2. The molecule has 1 aliphatic carbocycles. The Morgan fingerprint density at radius 1 is 1.05 bits per heavy atom. The van der Waals surface area contributed by atoms with E-state index in [2.05, 4.69) is 13.8 Å². The minimum atomic E-state index is -1.09. The molecule has 9 heteroatoms. The Morgan fingerprint density at radius 3 is 2.35 bits per heavy atom. The van der Waals surface area contributed by atoms with E-state index in [0.717, 1.165) is 17.0 Å². The van der Waals surface area contributed by atoms with E-state index in [-0.39, 0.29) is 46.6 Å². The lowest BCUT2D eigenvalue weighted by atomic mass is 9.73. The molecule has 0 saturated carbocycles. The van der Waals surface area contributed by atoms with E-state index < -0.39 is 22.8 Å². The highest BCUT2D eigenvalue weighted by atomic mass is 16.4. The summed E-state index contributed by atoms with van der Waals surface area (Å²) in [5.41, 5.74) is 4.11. The third-order valence-electron chi connectivity index (χ3n) is 8.69. The molecule has 0 saturated heterocycles. The Bertz CT molecular complexity index is 1870. The second-order valence-corrected chi connectivity index (χ2v) is 11.8. The highest BCUT2D eigenvalue weighted by molar-refractivity contribution is 6.27. The van der Waals surface area contributed by atoms with Crippen molar-refractivity contribution in [1.29, 1.82) is 5.26 Å². The number of allylic oxidation sites excluding steroid dienone is 7. The highest BCUT2D eigenvalue weighted by Crippen LogP contribution is 2.50. The average molecular weight is 575 g/mol. The number of hydrogen-bond donors (Lipinski definition) is 2. The van der Waals surface area contributed by atoms with Crippen LogP contribution in [0.15, 0.2) is 82.6 Å². The number of carboxylic acids is 2. The first-order valence-corrected chi connectivity index (χ1v) is 13.7. The van der Waals surface area contributed by atoms with Crippen molar-refractivity contribution in [3.8, 4) is 6.07 Å². The number of carbonyl (C=O) groups excluding carboxylic acids is 1. The predicted octanol–water partition coefficient (Wildman–Crippen LogP) is 5.04. The number of para-hydroxylation sites is 1. The molecule has 0 amide bonds. The van der Waals surface area contributed by atoms with Gasteiger partial charge in [-0.05, 0) is 43.7 Å². The van der Waals surface area contributed by atoms with Gasteiger partial charge in [-0.15, -0.1) is 0 Å². The minimum Gasteiger partial charge on any atom is -0.762 e. The highest BCUT2D eigenvalue weighted by Gasteiger charge is 2.46. The van der Waals surface area contributed by atoms with E-state index in [1.54, 1.807) is 29.2 Å². The maximum atomic E-state index is 13.8. The van der Waals surface area contributed by atoms with Crippen LogP contribution in [0.25, 0.3) is 5.41 Å². The number of nitriles is 1. The SMILES string of the molecule is C[N+]1=C(/C=C2\C(=O)C(/C=C3/N(CCC(=O)O)c4ccc(C(=O)O)cc4C3(C)C)=C2C(=C=[N-])C#N)C(C)(C)c2ccccc21. The zero-order chi connectivity index (χ0) is 31.4. The number of benzene rings is 2. The van der Waals surface area contributed by atoms with Crippen LogP contribution in [-0.2, 0) is 20.4 Å². The quantitative estimate of drug-likeness (QED) is 0.204. The van der Waals surface area contributed by atoms with Gasteiger partial charge in [0.05, 0.1) is 23.0 Å². The van der Waals surface area contributed by atoms with Crippen molar-refractivity contribution in [2.75, 3.05) is 18.5 Å². The number of Topliss-reactive ketones (excluding diaryl/α,β-unsaturated/α-hetero) is 1. The fraction of sp³-hybridized carbons (Fsp3) is 0.265. The van der Waals surface area contributed by atoms with Gasteiger partial charge in [0, 0.05) is 57.8 Å². The van der Waals surface area contributed by atoms with E-state index in [0.29, 0.717) is 16.9 Å². The second-order valence-electron chi connectivity index (χ2n) is 11.8. The van der Waals surface area contributed by atoms with Crippen LogP contribution in [-0.4, -0.2) is 57.7 Å². The summed E-state index contributed by atoms with van der Waals surface area (Å²) in [4.78, 5) is 38.9. The summed E-state index contributed by atoms with van der Waals surface area (Å²) in [5, 5.41) is 38.8. The monoisotopic (exact) mass is 574 g/mol. The third kappa shape index (κ3) is 4.44. The summed E-state index contributed by atoms with van der Waals surface area (Å²) in [7, 11) is 1.92. The fourth-order valence-electron chi connectivity index (χ4n) is 6.39. The number of anilines is 1. The molecular formula is C34H30N4O5. The van der Waals surface area contributed by atoms with Gasteiger partial charge in [0.2, 0.25) is 5.69 Å². The van der Waals surface area contributed by atoms with Crippen molar-refractivity contribution in [3.63, 3.8) is 0 Å². The third-order valence-corrected chi connectivity index (χ3v) is 8.69. The van der Waals surface area contributed by atoms with Gasteiger partial charge in [-0.3, -0.25) is 9.59 Å². The van der Waals surface area contributed by atoms with Crippen LogP contribution in [0.3, 0.4) is 0 Å². The first kappa shape index (κ1) is 29.2. The van der Waals surface area contributed by atoms with E-state index in [1.807, 2.05) is 61.7 Å². The van der Waals surface area contributed by atoms with Crippen LogP contribution in [0.1, 0.15) is 55.6 Å². The normalized spacial score (nSPS) is 19.6. The molecule has 5 rings (SSSR count). The summed E-state index contributed by atoms with van der Waals surface area (Å²) in [6, 6.07) is 14.5. The van der Waals surface area contributed by atoms with Crippen molar-refractivity contribution in [1.82, 2.24) is 0 Å². The Balaban J connectivity index is 1.70. The van der Waals surface area contributed by atoms with Gasteiger partial charge < -0.3 is 20.5 Å². The second kappa shape index (κ2) is 10.2. The van der Waals surface area contributed by atoms with E-state index >= 15 is 0 Å². The number of rotatable bonds is 7. The largest absolute Gasteiger partial charge is 0.762 e. The molecule has 0 spiro atoms. The number of ketones is 1. The number of nitrogens with zero attached hydrogens (tertiary/aromatic N) is 4. The summed E-state index contributed by atoms with van der Waals surface area (Å²) < 4.78 is 2.01. The van der Waals surface area contributed by atoms with E-state index in [4.69, 9.17) is 0 Å². The molecule has 0 atom stereocenters. The number of carboxylic acid groups (broad SMARTS) is 2. The van der Waals surface area contributed by atoms with Crippen molar-refractivity contribution >= 4 is 40.7 Å². The molecule has 2 N–H and O–H groups in total. The standard InChI is InChI=1S/C34H30N4O5/c1-33(2)23-8-6-7-9-25(23)37(5)27(33)15-21-30(20(17-35)18-36)22(31(21)41)16-28-34(3,4)24-14-19(32(42)43)10-11-26(24)38(28)13-12-29(39)40/h6-11,14-16H,12-13H2,1-5H3,(H,39,40)(H,42,43). The van der Waals surface area contributed by atoms with Gasteiger partial charge in [0.1, 0.15) is 13.1 Å². The molecule has 3 aliphatic rings. The molecular weight excluding hydrogens is 544 g/mol. The van der Waals surface area contributed by atoms with Gasteiger partial charge in [0.15, 0.2) is 11.5 Å². The van der Waals surface area contributed by atoms with E-state index in [9.17, 15) is 35.3 Å². The zero-order valence-electron chi connectivity index (χ0n) is 24.5. The summed E-state index contributed by atoms with van der Waals surface area (Å²) in [6.45, 7) is 7.92. The van der Waals surface area contributed by atoms with Crippen LogP contribution in [0.4, 0.5) is 11.4 Å². The number of fused-ring (bicyclic) bond motifs is 2. The maximum Gasteiger partial charge on any atom is 0.335 e. The molecule has 2 aliphatic heterocycles. The molecule has 9 nitrogen and oxygen atoms in total. The summed E-state index contributed by atoms with van der Waals surface area (Å²) in [5.74, 6) is -0.505. The summed E-state index contributed by atoms with van der Waals surface area (Å²) >= 11 is 0. The molecule has 2 heterocycles. The van der Waals surface area contributed by atoms with Crippen LogP contribution in [0, 0.1) is 11.3 Å². The van der Waals surface area contributed by atoms with Crippen LogP contribution in [0.5, 0.6) is 0 Å². The van der Waals surface area contributed by atoms with Crippen molar-refractivity contribution in [2.24, 2.45) is 0 Å². The summed E-state index contributed by atoms with van der Waals surface area (Å²) in [6.07, 6.45) is 3.17. The molecule has 0 radical (unpaired) electrons. The predicted molar refractivity (Wildman–Crippen MR) is 162 cm³/mol. The maximum absolute atomic E-state index is 13.8. The number of carbonyl (C=O) groups is 3. The molecule has 216 valence electrons. The fourth-order valence-corrected chi connectivity index (χ4v) is 6.39. The molecule has 2 aromatic carbocycles. The minimum absolute atomic E-state index is 0.0752. The lowest BCUT2D eigenvalue weighted by Crippen LogP contribution is -2.32. The van der Waals surface area contributed by atoms with Crippen LogP contribution >= 0.6 is 0 Å². The number of hydrogen-bond acceptors (Lipinski definition) is 5. The molecule has 0 fully saturated rings. The molecule has 0 unspecified atom stereocenters. The van der Waals surface area contributed by atoms with Crippen molar-refractivity contribution < 1.29 is 29.2 Å². The Morgan fingerprint density at radius 2 is 1.74 bits per heavy atom.